The summed E-state index contributed by atoms with van der Waals surface area (Å²) in [5, 5.41) is 7.81. The molecule has 1 aliphatic heterocycles. The summed E-state index contributed by atoms with van der Waals surface area (Å²) in [5.41, 5.74) is 5.64. The first kappa shape index (κ1) is 10.4. The number of aromatic nitrogens is 3. The van der Waals surface area contributed by atoms with Crippen molar-refractivity contribution >= 4 is 18.1 Å². The lowest BCUT2D eigenvalue weighted by molar-refractivity contribution is 0.728. The molecule has 0 atom stereocenters. The average molecular weight is 225 g/mol. The first-order valence-electron chi connectivity index (χ1n) is 4.81. The Morgan fingerprint density at radius 1 is 1.33 bits per heavy atom. The topological polar surface area (TPSA) is 42.2 Å². The highest BCUT2D eigenvalue weighted by molar-refractivity contribution is 5.85. The van der Waals surface area contributed by atoms with Gasteiger partial charge >= 0.3 is 0 Å². The number of hydrogen-bond acceptors (Lipinski definition) is 3. The van der Waals surface area contributed by atoms with Crippen molar-refractivity contribution in [3.05, 3.63) is 28.7 Å². The number of fused-ring (bicyclic) bond motifs is 3. The smallest absolute Gasteiger partial charge is 0.160 e. The summed E-state index contributed by atoms with van der Waals surface area (Å²) < 4.78 is 1.94. The van der Waals surface area contributed by atoms with Crippen LogP contribution in [0.25, 0.3) is 5.65 Å². The van der Waals surface area contributed by atoms with Gasteiger partial charge in [-0.25, -0.2) is 9.50 Å². The Hall–Kier alpha value is -1.13. The molecule has 1 aliphatic rings. The molecule has 0 saturated heterocycles. The van der Waals surface area contributed by atoms with Crippen molar-refractivity contribution in [1.29, 1.82) is 0 Å². The van der Waals surface area contributed by atoms with E-state index in [2.05, 4.69) is 28.4 Å². The summed E-state index contributed by atoms with van der Waals surface area (Å²) in [6.07, 6.45) is 0. The minimum atomic E-state index is 0. The van der Waals surface area contributed by atoms with E-state index in [1.807, 2.05) is 11.4 Å². The van der Waals surface area contributed by atoms with E-state index in [1.165, 1.54) is 5.56 Å². The van der Waals surface area contributed by atoms with Crippen LogP contribution in [-0.4, -0.2) is 14.6 Å². The Morgan fingerprint density at radius 3 is 2.93 bits per heavy atom. The fourth-order valence-electron chi connectivity index (χ4n) is 2.04. The maximum Gasteiger partial charge on any atom is 0.160 e. The number of nitrogens with one attached hydrogen (secondary N) is 1. The highest BCUT2D eigenvalue weighted by Gasteiger charge is 2.19. The first-order chi connectivity index (χ1) is 6.75. The van der Waals surface area contributed by atoms with Crippen LogP contribution in [0.4, 0.5) is 0 Å². The minimum absolute atomic E-state index is 0. The first-order valence-corrected chi connectivity index (χ1v) is 4.81. The predicted molar refractivity (Wildman–Crippen MR) is 60.3 cm³/mol. The Kier molecular flexibility index (Phi) is 2.40. The molecule has 0 unspecified atom stereocenters. The predicted octanol–water partition coefficient (Wildman–Crippen LogP) is 1.37. The van der Waals surface area contributed by atoms with Gasteiger partial charge in [0.05, 0.1) is 5.69 Å². The van der Waals surface area contributed by atoms with Crippen molar-refractivity contribution in [3.63, 3.8) is 0 Å². The molecule has 0 bridgehead atoms. The highest BCUT2D eigenvalue weighted by atomic mass is 35.5. The van der Waals surface area contributed by atoms with Crippen LogP contribution in [0.3, 0.4) is 0 Å². The van der Waals surface area contributed by atoms with Gasteiger partial charge in [0.1, 0.15) is 0 Å². The van der Waals surface area contributed by atoms with Crippen LogP contribution in [0.5, 0.6) is 0 Å². The number of hydrogen-bond donors (Lipinski definition) is 1. The second-order valence-corrected chi connectivity index (χ2v) is 3.80. The van der Waals surface area contributed by atoms with Crippen molar-refractivity contribution in [2.75, 3.05) is 0 Å². The van der Waals surface area contributed by atoms with E-state index >= 15 is 0 Å². The monoisotopic (exact) mass is 224 g/mol. The van der Waals surface area contributed by atoms with Crippen molar-refractivity contribution < 1.29 is 0 Å². The summed E-state index contributed by atoms with van der Waals surface area (Å²) >= 11 is 0. The molecule has 4 nitrogen and oxygen atoms in total. The van der Waals surface area contributed by atoms with E-state index in [0.29, 0.717) is 0 Å². The minimum Gasteiger partial charge on any atom is -0.307 e. The molecule has 3 rings (SSSR count). The van der Waals surface area contributed by atoms with Crippen LogP contribution in [0.2, 0.25) is 0 Å². The molecule has 3 heterocycles. The van der Waals surface area contributed by atoms with Gasteiger partial charge in [-0.3, -0.25) is 0 Å². The molecule has 0 fully saturated rings. The molecule has 5 heteroatoms. The maximum absolute atomic E-state index is 4.53. The van der Waals surface area contributed by atoms with E-state index in [-0.39, 0.29) is 12.4 Å². The number of rotatable bonds is 0. The Morgan fingerprint density at radius 2 is 2.13 bits per heavy atom. The fourth-order valence-corrected chi connectivity index (χ4v) is 2.04. The van der Waals surface area contributed by atoms with Gasteiger partial charge in [-0.1, -0.05) is 0 Å². The summed E-state index contributed by atoms with van der Waals surface area (Å²) in [5.74, 6) is 0. The van der Waals surface area contributed by atoms with Gasteiger partial charge in [0.25, 0.3) is 0 Å². The van der Waals surface area contributed by atoms with E-state index in [4.69, 9.17) is 0 Å². The van der Waals surface area contributed by atoms with Gasteiger partial charge in [-0.05, 0) is 19.9 Å². The van der Waals surface area contributed by atoms with E-state index < -0.39 is 0 Å². The lowest BCUT2D eigenvalue weighted by atomic mass is 10.3. The van der Waals surface area contributed by atoms with Crippen LogP contribution in [0.15, 0.2) is 6.07 Å². The molecular formula is C10H13ClN4. The second-order valence-electron chi connectivity index (χ2n) is 3.80. The third kappa shape index (κ3) is 1.41. The zero-order chi connectivity index (χ0) is 9.71. The molecule has 15 heavy (non-hydrogen) atoms. The average Bonchev–Trinajstić information content (AvgIpc) is 2.65. The normalized spacial score (nSPS) is 14.0. The molecule has 0 aromatic carbocycles. The van der Waals surface area contributed by atoms with Crippen LogP contribution in [-0.2, 0) is 13.1 Å². The second kappa shape index (κ2) is 3.47. The summed E-state index contributed by atoms with van der Waals surface area (Å²) in [6.45, 7) is 5.86. The van der Waals surface area contributed by atoms with Crippen molar-refractivity contribution in [2.45, 2.75) is 26.9 Å². The standard InChI is InChI=1S/C10H12N4.ClH/c1-6-3-7(2)14-10(12-6)8-4-11-5-9(8)13-14;/h3,11H,4-5H2,1-2H3;1H. The number of aryl methyl sites for hydroxylation is 2. The number of halogens is 1. The zero-order valence-electron chi connectivity index (χ0n) is 8.74. The quantitative estimate of drug-likeness (QED) is 0.735. The third-order valence-electron chi connectivity index (χ3n) is 2.67. The molecule has 0 saturated carbocycles. The molecule has 0 radical (unpaired) electrons. The SMILES string of the molecule is Cc1cc(C)n2nc3c(c2n1)CNC3.Cl. The molecule has 0 spiro atoms. The lowest BCUT2D eigenvalue weighted by Gasteiger charge is -2.01. The lowest BCUT2D eigenvalue weighted by Crippen LogP contribution is -2.06. The van der Waals surface area contributed by atoms with E-state index in [9.17, 15) is 0 Å². The molecule has 1 N–H and O–H groups in total. The van der Waals surface area contributed by atoms with Gasteiger partial charge in [0.2, 0.25) is 0 Å². The highest BCUT2D eigenvalue weighted by Crippen LogP contribution is 2.20. The van der Waals surface area contributed by atoms with Crippen LogP contribution < -0.4 is 5.32 Å². The van der Waals surface area contributed by atoms with Crippen LogP contribution in [0, 0.1) is 13.8 Å². The Bertz CT molecular complexity index is 518. The van der Waals surface area contributed by atoms with Crippen molar-refractivity contribution in [1.82, 2.24) is 19.9 Å². The largest absolute Gasteiger partial charge is 0.307 e. The van der Waals surface area contributed by atoms with Crippen LogP contribution in [0.1, 0.15) is 22.6 Å². The molecule has 0 aliphatic carbocycles. The Labute approximate surface area is 94.1 Å². The molecule has 0 amide bonds. The maximum atomic E-state index is 4.53. The molecule has 2 aromatic heterocycles. The molecular weight excluding hydrogens is 212 g/mol. The van der Waals surface area contributed by atoms with Gasteiger partial charge in [0, 0.05) is 30.0 Å². The molecule has 2 aromatic rings. The van der Waals surface area contributed by atoms with Gasteiger partial charge < -0.3 is 5.32 Å². The molecule has 80 valence electrons. The number of nitrogens with zero attached hydrogens (tertiary/aromatic N) is 3. The van der Waals surface area contributed by atoms with Crippen molar-refractivity contribution in [2.24, 2.45) is 0 Å². The van der Waals surface area contributed by atoms with Gasteiger partial charge in [-0.15, -0.1) is 12.4 Å². The summed E-state index contributed by atoms with van der Waals surface area (Å²) in [6, 6.07) is 2.06. The summed E-state index contributed by atoms with van der Waals surface area (Å²) in [7, 11) is 0. The Balaban J connectivity index is 0.000000853. The van der Waals surface area contributed by atoms with Gasteiger partial charge in [0.15, 0.2) is 5.65 Å². The fraction of sp³-hybridized carbons (Fsp3) is 0.400. The van der Waals surface area contributed by atoms with Crippen LogP contribution >= 0.6 is 12.4 Å². The van der Waals surface area contributed by atoms with Gasteiger partial charge in [-0.2, -0.15) is 5.10 Å². The van der Waals surface area contributed by atoms with Crippen molar-refractivity contribution in [3.8, 4) is 0 Å². The van der Waals surface area contributed by atoms with E-state index in [1.54, 1.807) is 0 Å². The third-order valence-corrected chi connectivity index (χ3v) is 2.67. The zero-order valence-corrected chi connectivity index (χ0v) is 9.56. The summed E-state index contributed by atoms with van der Waals surface area (Å²) in [4.78, 5) is 4.53. The van der Waals surface area contributed by atoms with E-state index in [0.717, 1.165) is 35.8 Å².